The predicted octanol–water partition coefficient (Wildman–Crippen LogP) is 3.55. The minimum Gasteiger partial charge on any atom is -0.506 e. The Morgan fingerprint density at radius 3 is 2.50 bits per heavy atom. The molecule has 1 heterocycles. The molecule has 0 bridgehead atoms. The Bertz CT molecular complexity index is 929. The third-order valence-electron chi connectivity index (χ3n) is 4.78. The SMILES string of the molecule is COc1ccc(C(CO)C(=O)c2ccc3c(c2O)C=CC(C)(C)O3)cc1OC. The van der Waals surface area contributed by atoms with Gasteiger partial charge >= 0.3 is 0 Å². The van der Waals surface area contributed by atoms with Gasteiger partial charge in [-0.05, 0) is 55.8 Å². The van der Waals surface area contributed by atoms with Crippen LogP contribution in [0.1, 0.15) is 41.3 Å². The quantitative estimate of drug-likeness (QED) is 0.741. The van der Waals surface area contributed by atoms with Crippen LogP contribution in [0, 0.1) is 0 Å². The third-order valence-corrected chi connectivity index (χ3v) is 4.78. The number of aromatic hydroxyl groups is 1. The average molecular weight is 384 g/mol. The molecule has 3 rings (SSSR count). The fraction of sp³-hybridized carbons (Fsp3) is 0.318. The van der Waals surface area contributed by atoms with Crippen LogP contribution >= 0.6 is 0 Å². The molecule has 2 aromatic rings. The molecule has 2 aromatic carbocycles. The first kappa shape index (κ1) is 19.8. The summed E-state index contributed by atoms with van der Waals surface area (Å²) in [5.41, 5.74) is 0.656. The van der Waals surface area contributed by atoms with E-state index in [9.17, 15) is 15.0 Å². The number of carbonyl (C=O) groups excluding carboxylic acids is 1. The highest BCUT2D eigenvalue weighted by Crippen LogP contribution is 2.40. The van der Waals surface area contributed by atoms with Crippen LogP contribution in [0.2, 0.25) is 0 Å². The maximum Gasteiger partial charge on any atom is 0.176 e. The van der Waals surface area contributed by atoms with Crippen molar-refractivity contribution in [1.29, 1.82) is 0 Å². The van der Waals surface area contributed by atoms with Gasteiger partial charge in [-0.3, -0.25) is 4.79 Å². The van der Waals surface area contributed by atoms with Gasteiger partial charge in [0.2, 0.25) is 0 Å². The first-order valence-electron chi connectivity index (χ1n) is 8.92. The highest BCUT2D eigenvalue weighted by molar-refractivity contribution is 6.04. The van der Waals surface area contributed by atoms with Crippen molar-refractivity contribution < 1.29 is 29.2 Å². The van der Waals surface area contributed by atoms with E-state index in [0.717, 1.165) is 0 Å². The number of rotatable bonds is 6. The summed E-state index contributed by atoms with van der Waals surface area (Å²) in [5, 5.41) is 20.6. The van der Waals surface area contributed by atoms with Crippen LogP contribution in [0.15, 0.2) is 36.4 Å². The summed E-state index contributed by atoms with van der Waals surface area (Å²) in [5.74, 6) is 0.0831. The van der Waals surface area contributed by atoms with Crippen molar-refractivity contribution in [1.82, 2.24) is 0 Å². The lowest BCUT2D eigenvalue weighted by Gasteiger charge is -2.28. The zero-order chi connectivity index (χ0) is 20.5. The molecule has 2 N–H and O–H groups in total. The van der Waals surface area contributed by atoms with E-state index in [1.165, 1.54) is 20.3 Å². The molecule has 0 fully saturated rings. The summed E-state index contributed by atoms with van der Waals surface area (Å²) in [6.07, 6.45) is 3.57. The fourth-order valence-corrected chi connectivity index (χ4v) is 3.24. The topological polar surface area (TPSA) is 85.2 Å². The van der Waals surface area contributed by atoms with Gasteiger partial charge in [-0.15, -0.1) is 0 Å². The molecule has 0 aromatic heterocycles. The second-order valence-corrected chi connectivity index (χ2v) is 7.13. The van der Waals surface area contributed by atoms with Crippen molar-refractivity contribution in [3.63, 3.8) is 0 Å². The van der Waals surface area contributed by atoms with E-state index in [2.05, 4.69) is 0 Å². The Labute approximate surface area is 164 Å². The van der Waals surface area contributed by atoms with Crippen molar-refractivity contribution >= 4 is 11.9 Å². The van der Waals surface area contributed by atoms with Crippen LogP contribution in [-0.4, -0.2) is 42.4 Å². The maximum atomic E-state index is 13.1. The number of ether oxygens (including phenoxy) is 3. The van der Waals surface area contributed by atoms with Gasteiger partial charge in [0, 0.05) is 0 Å². The third kappa shape index (κ3) is 3.55. The molecule has 0 amide bonds. The second-order valence-electron chi connectivity index (χ2n) is 7.13. The standard InChI is InChI=1S/C22H24O6/c1-22(2)10-9-14-17(28-22)8-6-15(20(14)24)21(25)16(12-23)13-5-7-18(26-3)19(11-13)27-4/h5-11,16,23-24H,12H2,1-4H3. The summed E-state index contributed by atoms with van der Waals surface area (Å²) in [6, 6.07) is 8.21. The Kier molecular flexibility index (Phi) is 5.34. The number of phenols is 1. The van der Waals surface area contributed by atoms with E-state index in [1.54, 1.807) is 30.3 Å². The summed E-state index contributed by atoms with van der Waals surface area (Å²) in [4.78, 5) is 13.1. The van der Waals surface area contributed by atoms with Gasteiger partial charge in [-0.1, -0.05) is 6.07 Å². The van der Waals surface area contributed by atoms with E-state index < -0.39 is 23.9 Å². The van der Waals surface area contributed by atoms with Crippen LogP contribution in [-0.2, 0) is 0 Å². The number of fused-ring (bicyclic) bond motifs is 1. The minimum absolute atomic E-state index is 0.126. The van der Waals surface area contributed by atoms with E-state index in [1.807, 2.05) is 19.9 Å². The molecule has 6 nitrogen and oxygen atoms in total. The van der Waals surface area contributed by atoms with Crippen LogP contribution in [0.25, 0.3) is 6.08 Å². The van der Waals surface area contributed by atoms with E-state index in [4.69, 9.17) is 14.2 Å². The van der Waals surface area contributed by atoms with Crippen molar-refractivity contribution in [2.75, 3.05) is 20.8 Å². The summed E-state index contributed by atoms with van der Waals surface area (Å²) in [7, 11) is 3.02. The molecule has 0 saturated heterocycles. The van der Waals surface area contributed by atoms with Gasteiger partial charge < -0.3 is 24.4 Å². The molecule has 28 heavy (non-hydrogen) atoms. The van der Waals surface area contributed by atoms with Gasteiger partial charge in [0.05, 0.1) is 37.9 Å². The van der Waals surface area contributed by atoms with Gasteiger partial charge in [0.25, 0.3) is 0 Å². The van der Waals surface area contributed by atoms with E-state index in [-0.39, 0.29) is 11.3 Å². The van der Waals surface area contributed by atoms with Crippen molar-refractivity contribution in [2.24, 2.45) is 0 Å². The van der Waals surface area contributed by atoms with Crippen LogP contribution < -0.4 is 14.2 Å². The number of hydrogen-bond acceptors (Lipinski definition) is 6. The monoisotopic (exact) mass is 384 g/mol. The van der Waals surface area contributed by atoms with Crippen molar-refractivity contribution in [3.05, 3.63) is 53.1 Å². The molecule has 148 valence electrons. The molecule has 0 radical (unpaired) electrons. The Balaban J connectivity index is 1.99. The van der Waals surface area contributed by atoms with Crippen molar-refractivity contribution in [3.8, 4) is 23.0 Å². The van der Waals surface area contributed by atoms with Crippen molar-refractivity contribution in [2.45, 2.75) is 25.4 Å². The number of benzene rings is 2. The molecule has 1 unspecified atom stereocenters. The van der Waals surface area contributed by atoms with Gasteiger partial charge in [-0.2, -0.15) is 0 Å². The molecular weight excluding hydrogens is 360 g/mol. The maximum absolute atomic E-state index is 13.1. The average Bonchev–Trinajstić information content (AvgIpc) is 2.67. The normalized spacial score (nSPS) is 15.3. The van der Waals surface area contributed by atoms with E-state index >= 15 is 0 Å². The first-order valence-corrected chi connectivity index (χ1v) is 8.92. The lowest BCUT2D eigenvalue weighted by Crippen LogP contribution is -2.27. The zero-order valence-electron chi connectivity index (χ0n) is 16.4. The van der Waals surface area contributed by atoms with Crippen LogP contribution in [0.4, 0.5) is 0 Å². The molecule has 1 atom stereocenters. The van der Waals surface area contributed by atoms with Crippen LogP contribution in [0.3, 0.4) is 0 Å². The van der Waals surface area contributed by atoms with Gasteiger partial charge in [0.1, 0.15) is 17.1 Å². The highest BCUT2D eigenvalue weighted by Gasteiger charge is 2.29. The predicted molar refractivity (Wildman–Crippen MR) is 106 cm³/mol. The highest BCUT2D eigenvalue weighted by atomic mass is 16.5. The zero-order valence-corrected chi connectivity index (χ0v) is 16.4. The van der Waals surface area contributed by atoms with Crippen LogP contribution in [0.5, 0.6) is 23.0 Å². The fourth-order valence-electron chi connectivity index (χ4n) is 3.24. The Morgan fingerprint density at radius 2 is 1.86 bits per heavy atom. The number of Topliss-reactive ketones (excluding diaryl/α,β-unsaturated/α-hetero) is 1. The smallest absolute Gasteiger partial charge is 0.176 e. The lowest BCUT2D eigenvalue weighted by molar-refractivity contribution is 0.0919. The first-order chi connectivity index (χ1) is 13.3. The molecular formula is C22H24O6. The molecule has 0 saturated carbocycles. The van der Waals surface area contributed by atoms with Gasteiger partial charge in [0.15, 0.2) is 17.3 Å². The Hall–Kier alpha value is -2.99. The number of hydrogen-bond donors (Lipinski definition) is 2. The summed E-state index contributed by atoms with van der Waals surface area (Å²) >= 11 is 0. The number of phenolic OH excluding ortho intramolecular Hbond substituents is 1. The number of methoxy groups -OCH3 is 2. The number of aliphatic hydroxyl groups is 1. The largest absolute Gasteiger partial charge is 0.506 e. The molecule has 6 heteroatoms. The molecule has 0 spiro atoms. The molecule has 0 aliphatic carbocycles. The molecule has 1 aliphatic rings. The summed E-state index contributed by atoms with van der Waals surface area (Å²) in [6.45, 7) is 3.40. The minimum atomic E-state index is -0.853. The number of aliphatic hydroxyl groups excluding tert-OH is 1. The lowest BCUT2D eigenvalue weighted by atomic mass is 9.89. The summed E-state index contributed by atoms with van der Waals surface area (Å²) < 4.78 is 16.3. The van der Waals surface area contributed by atoms with E-state index in [0.29, 0.717) is 28.4 Å². The molecule has 1 aliphatic heterocycles. The second kappa shape index (κ2) is 7.56. The van der Waals surface area contributed by atoms with Gasteiger partial charge in [-0.25, -0.2) is 0 Å². The number of carbonyl (C=O) groups is 1. The Morgan fingerprint density at radius 1 is 1.14 bits per heavy atom. The number of ketones is 1.